The summed E-state index contributed by atoms with van der Waals surface area (Å²) in [4.78, 5) is 10.1. The maximum absolute atomic E-state index is 10.5. The van der Waals surface area contributed by atoms with Crippen LogP contribution in [0, 0.1) is 15.5 Å². The number of hydrogen-bond donors (Lipinski definition) is 1. The highest BCUT2D eigenvalue weighted by Crippen LogP contribution is 2.18. The number of rotatable bonds is 5. The molecule has 0 bridgehead atoms. The predicted molar refractivity (Wildman–Crippen MR) is 73.7 cm³/mol. The van der Waals surface area contributed by atoms with Gasteiger partial charge in [-0.25, -0.2) is 0 Å². The zero-order valence-electron chi connectivity index (χ0n) is 11.6. The number of nitrogens with one attached hydrogen (secondary N) is 1. The van der Waals surface area contributed by atoms with Gasteiger partial charge in [0.25, 0.3) is 5.69 Å². The van der Waals surface area contributed by atoms with Crippen molar-refractivity contribution in [3.63, 3.8) is 0 Å². The molecule has 0 spiro atoms. The molecule has 4 heteroatoms. The first-order valence-corrected chi connectivity index (χ1v) is 6.27. The lowest BCUT2D eigenvalue weighted by atomic mass is 9.88. The van der Waals surface area contributed by atoms with Gasteiger partial charge in [-0.2, -0.15) is 0 Å². The number of nitro groups is 1. The van der Waals surface area contributed by atoms with Crippen molar-refractivity contribution >= 4 is 5.69 Å². The second kappa shape index (κ2) is 5.96. The first kappa shape index (κ1) is 14.6. The van der Waals surface area contributed by atoms with Gasteiger partial charge in [-0.05, 0) is 30.9 Å². The molecule has 0 aromatic heterocycles. The first-order valence-electron chi connectivity index (χ1n) is 6.27. The molecule has 0 fully saturated rings. The van der Waals surface area contributed by atoms with Crippen molar-refractivity contribution in [2.45, 2.75) is 40.2 Å². The zero-order chi connectivity index (χ0) is 13.8. The van der Waals surface area contributed by atoms with E-state index in [-0.39, 0.29) is 16.0 Å². The molecule has 4 nitrogen and oxygen atoms in total. The predicted octanol–water partition coefficient (Wildman–Crippen LogP) is 3.16. The molecule has 18 heavy (non-hydrogen) atoms. The molecule has 1 rings (SSSR count). The smallest absolute Gasteiger partial charge is 0.269 e. The Morgan fingerprint density at radius 3 is 2.28 bits per heavy atom. The van der Waals surface area contributed by atoms with E-state index >= 15 is 0 Å². The van der Waals surface area contributed by atoms with Gasteiger partial charge in [-0.15, -0.1) is 0 Å². The van der Waals surface area contributed by atoms with Gasteiger partial charge in [0.15, 0.2) is 0 Å². The summed E-state index contributed by atoms with van der Waals surface area (Å²) in [5.41, 5.74) is 1.51. The van der Waals surface area contributed by atoms with Gasteiger partial charge in [0.05, 0.1) is 4.92 Å². The second-order valence-corrected chi connectivity index (χ2v) is 5.72. The van der Waals surface area contributed by atoms with E-state index in [0.717, 1.165) is 18.5 Å². The van der Waals surface area contributed by atoms with Gasteiger partial charge in [0.1, 0.15) is 0 Å². The average Bonchev–Trinajstić information content (AvgIpc) is 2.28. The minimum Gasteiger partial charge on any atom is -0.313 e. The van der Waals surface area contributed by atoms with E-state index in [2.05, 4.69) is 33.0 Å². The van der Waals surface area contributed by atoms with Crippen LogP contribution in [-0.4, -0.2) is 17.5 Å². The highest BCUT2D eigenvalue weighted by atomic mass is 16.6. The summed E-state index contributed by atoms with van der Waals surface area (Å²) in [6.07, 6.45) is 0.887. The van der Waals surface area contributed by atoms with Crippen molar-refractivity contribution in [1.82, 2.24) is 5.32 Å². The van der Waals surface area contributed by atoms with Crippen molar-refractivity contribution in [1.29, 1.82) is 0 Å². The topological polar surface area (TPSA) is 55.2 Å². The van der Waals surface area contributed by atoms with Crippen molar-refractivity contribution in [3.8, 4) is 0 Å². The van der Waals surface area contributed by atoms with Crippen LogP contribution in [0.25, 0.3) is 0 Å². The van der Waals surface area contributed by atoms with Crippen LogP contribution >= 0.6 is 0 Å². The maximum Gasteiger partial charge on any atom is 0.269 e. The van der Waals surface area contributed by atoms with Crippen LogP contribution in [-0.2, 0) is 6.42 Å². The van der Waals surface area contributed by atoms with Gasteiger partial charge in [0.2, 0.25) is 0 Å². The fourth-order valence-electron chi connectivity index (χ4n) is 1.52. The third kappa shape index (κ3) is 4.45. The molecule has 0 aliphatic heterocycles. The van der Waals surface area contributed by atoms with Gasteiger partial charge in [0, 0.05) is 18.2 Å². The minimum atomic E-state index is -0.371. The number of nitrogens with zero attached hydrogens (tertiary/aromatic N) is 1. The highest BCUT2D eigenvalue weighted by molar-refractivity contribution is 5.32. The molecule has 1 atom stereocenters. The standard InChI is InChI=1S/C14H22N2O2/c1-11(14(2,3)4)15-10-9-12-5-7-13(8-6-12)16(17)18/h5-8,11,15H,9-10H2,1-4H3. The molecule has 1 aromatic carbocycles. The Bertz CT molecular complexity index is 393. The van der Waals surface area contributed by atoms with Crippen LogP contribution in [0.15, 0.2) is 24.3 Å². The average molecular weight is 250 g/mol. The third-order valence-electron chi connectivity index (χ3n) is 3.31. The highest BCUT2D eigenvalue weighted by Gasteiger charge is 2.18. The Hall–Kier alpha value is -1.42. The molecule has 1 N–H and O–H groups in total. The molecular weight excluding hydrogens is 228 g/mol. The summed E-state index contributed by atoms with van der Waals surface area (Å²) in [6, 6.07) is 7.20. The van der Waals surface area contributed by atoms with E-state index < -0.39 is 0 Å². The van der Waals surface area contributed by atoms with Gasteiger partial charge < -0.3 is 5.32 Å². The number of hydrogen-bond acceptors (Lipinski definition) is 3. The lowest BCUT2D eigenvalue weighted by Gasteiger charge is -2.28. The molecule has 1 aromatic rings. The summed E-state index contributed by atoms with van der Waals surface area (Å²) in [6.45, 7) is 9.68. The van der Waals surface area contributed by atoms with Gasteiger partial charge >= 0.3 is 0 Å². The Balaban J connectivity index is 2.43. The largest absolute Gasteiger partial charge is 0.313 e. The zero-order valence-corrected chi connectivity index (χ0v) is 11.6. The summed E-state index contributed by atoms with van der Waals surface area (Å²) in [7, 11) is 0. The van der Waals surface area contributed by atoms with Gasteiger partial charge in [-0.1, -0.05) is 32.9 Å². The maximum atomic E-state index is 10.5. The fourth-order valence-corrected chi connectivity index (χ4v) is 1.52. The van der Waals surface area contributed by atoms with Crippen LogP contribution in [0.4, 0.5) is 5.69 Å². The van der Waals surface area contributed by atoms with E-state index in [0.29, 0.717) is 6.04 Å². The second-order valence-electron chi connectivity index (χ2n) is 5.72. The lowest BCUT2D eigenvalue weighted by Crippen LogP contribution is -2.38. The third-order valence-corrected chi connectivity index (χ3v) is 3.31. The summed E-state index contributed by atoms with van der Waals surface area (Å²) in [5, 5.41) is 14.0. The van der Waals surface area contributed by atoms with Crippen LogP contribution < -0.4 is 5.32 Å². The molecule has 0 saturated heterocycles. The molecule has 100 valence electrons. The molecule has 0 aliphatic carbocycles. The van der Waals surface area contributed by atoms with Crippen LogP contribution in [0.2, 0.25) is 0 Å². The number of nitro benzene ring substituents is 1. The van der Waals surface area contributed by atoms with Crippen molar-refractivity contribution in [2.24, 2.45) is 5.41 Å². The SMILES string of the molecule is CC(NCCc1ccc([N+](=O)[O-])cc1)C(C)(C)C. The lowest BCUT2D eigenvalue weighted by molar-refractivity contribution is -0.384. The van der Waals surface area contributed by atoms with Crippen LogP contribution in [0.5, 0.6) is 0 Å². The summed E-state index contributed by atoms with van der Waals surface area (Å²) >= 11 is 0. The Morgan fingerprint density at radius 2 is 1.83 bits per heavy atom. The van der Waals surface area contributed by atoms with E-state index in [1.165, 1.54) is 0 Å². The van der Waals surface area contributed by atoms with E-state index in [4.69, 9.17) is 0 Å². The first-order chi connectivity index (χ1) is 8.30. The molecule has 0 heterocycles. The normalized spacial score (nSPS) is 13.3. The number of benzene rings is 1. The van der Waals surface area contributed by atoms with Gasteiger partial charge in [-0.3, -0.25) is 10.1 Å². The molecular formula is C14H22N2O2. The van der Waals surface area contributed by atoms with Crippen molar-refractivity contribution < 1.29 is 4.92 Å². The van der Waals surface area contributed by atoms with Crippen molar-refractivity contribution in [2.75, 3.05) is 6.54 Å². The minimum absolute atomic E-state index is 0.148. The van der Waals surface area contributed by atoms with E-state index in [9.17, 15) is 10.1 Å². The fraction of sp³-hybridized carbons (Fsp3) is 0.571. The Kier molecular flexibility index (Phi) is 4.84. The quantitative estimate of drug-likeness (QED) is 0.645. The Morgan fingerprint density at radius 1 is 1.28 bits per heavy atom. The van der Waals surface area contributed by atoms with Crippen LogP contribution in [0.1, 0.15) is 33.3 Å². The summed E-state index contributed by atoms with van der Waals surface area (Å²) < 4.78 is 0. The van der Waals surface area contributed by atoms with Crippen molar-refractivity contribution in [3.05, 3.63) is 39.9 Å². The molecule has 1 unspecified atom stereocenters. The van der Waals surface area contributed by atoms with E-state index in [1.54, 1.807) is 12.1 Å². The number of non-ortho nitro benzene ring substituents is 1. The summed E-state index contributed by atoms with van der Waals surface area (Å²) in [5.74, 6) is 0. The van der Waals surface area contributed by atoms with E-state index in [1.807, 2.05) is 12.1 Å². The van der Waals surface area contributed by atoms with Crippen LogP contribution in [0.3, 0.4) is 0 Å². The molecule has 0 saturated carbocycles. The molecule has 0 aliphatic rings. The molecule has 0 amide bonds. The Labute approximate surface area is 109 Å². The monoisotopic (exact) mass is 250 g/mol. The molecule has 0 radical (unpaired) electrons.